The van der Waals surface area contributed by atoms with Gasteiger partial charge in [0.15, 0.2) is 0 Å². The number of carbonyl (C=O) groups excluding carboxylic acids is 4. The molecule has 1 aromatic carbocycles. The molecule has 9 nitrogen and oxygen atoms in total. The van der Waals surface area contributed by atoms with Gasteiger partial charge >= 0.3 is 0 Å². The monoisotopic (exact) mass is 358 g/mol. The van der Waals surface area contributed by atoms with Gasteiger partial charge in [-0.15, -0.1) is 0 Å². The van der Waals surface area contributed by atoms with E-state index in [2.05, 4.69) is 10.6 Å². The summed E-state index contributed by atoms with van der Waals surface area (Å²) in [6, 6.07) is 5.87. The summed E-state index contributed by atoms with van der Waals surface area (Å²) in [5, 5.41) is 5.01. The topological polar surface area (TPSA) is 131 Å². The van der Waals surface area contributed by atoms with Gasteiger partial charge in [0, 0.05) is 30.8 Å². The number of anilines is 1. The van der Waals surface area contributed by atoms with Crippen molar-refractivity contribution in [1.29, 1.82) is 0 Å². The van der Waals surface area contributed by atoms with Gasteiger partial charge in [-0.1, -0.05) is 6.07 Å². The minimum atomic E-state index is -0.984. The lowest BCUT2D eigenvalue weighted by atomic mass is 10.0. The highest BCUT2D eigenvalue weighted by atomic mass is 16.5. The Morgan fingerprint density at radius 1 is 1.27 bits per heavy atom. The van der Waals surface area contributed by atoms with Crippen LogP contribution in [0.1, 0.15) is 12.8 Å². The van der Waals surface area contributed by atoms with E-state index in [0.717, 1.165) is 11.0 Å². The summed E-state index contributed by atoms with van der Waals surface area (Å²) in [6.45, 7) is 0.726. The number of amides is 4. The number of nitrogens with zero attached hydrogens (tertiary/aromatic N) is 1. The van der Waals surface area contributed by atoms with E-state index in [9.17, 15) is 19.2 Å². The van der Waals surface area contributed by atoms with Gasteiger partial charge in [-0.2, -0.15) is 0 Å². The van der Waals surface area contributed by atoms with Crippen molar-refractivity contribution in [2.45, 2.75) is 18.9 Å². The van der Waals surface area contributed by atoms with Crippen molar-refractivity contribution in [3.05, 3.63) is 36.0 Å². The van der Waals surface area contributed by atoms with E-state index in [-0.39, 0.29) is 18.5 Å². The molecule has 0 spiro atoms. The second-order valence-electron chi connectivity index (χ2n) is 5.83. The Hall–Kier alpha value is -3.20. The maximum Gasteiger partial charge on any atom is 0.278 e. The van der Waals surface area contributed by atoms with E-state index in [4.69, 9.17) is 10.5 Å². The van der Waals surface area contributed by atoms with Gasteiger partial charge in [0.1, 0.15) is 24.1 Å². The van der Waals surface area contributed by atoms with E-state index in [1.807, 2.05) is 0 Å². The lowest BCUT2D eigenvalue weighted by Crippen LogP contribution is -2.54. The fourth-order valence-electron chi connectivity index (χ4n) is 2.79. The molecule has 0 aliphatic carbocycles. The zero-order valence-electron chi connectivity index (χ0n) is 13.9. The first-order chi connectivity index (χ1) is 12.5. The van der Waals surface area contributed by atoms with Crippen molar-refractivity contribution in [1.82, 2.24) is 10.2 Å². The quantitative estimate of drug-likeness (QED) is 0.584. The summed E-state index contributed by atoms with van der Waals surface area (Å²) in [5.74, 6) is -1.69. The zero-order chi connectivity index (χ0) is 18.7. The van der Waals surface area contributed by atoms with Gasteiger partial charge in [-0.25, -0.2) is 0 Å². The molecule has 26 heavy (non-hydrogen) atoms. The predicted octanol–water partition coefficient (Wildman–Crippen LogP) is -0.506. The third-order valence-corrected chi connectivity index (χ3v) is 3.98. The third-order valence-electron chi connectivity index (χ3n) is 3.98. The molecule has 0 bridgehead atoms. The van der Waals surface area contributed by atoms with E-state index in [0.29, 0.717) is 24.6 Å². The first-order valence-corrected chi connectivity index (χ1v) is 8.12. The van der Waals surface area contributed by atoms with Crippen LogP contribution < -0.4 is 21.1 Å². The van der Waals surface area contributed by atoms with Crippen LogP contribution in [-0.4, -0.2) is 47.7 Å². The van der Waals surface area contributed by atoms with Crippen LogP contribution in [-0.2, 0) is 19.2 Å². The number of benzene rings is 1. The van der Waals surface area contributed by atoms with Gasteiger partial charge in [0.2, 0.25) is 11.8 Å². The molecule has 1 aromatic rings. The summed E-state index contributed by atoms with van der Waals surface area (Å²) in [6.07, 6.45) is 1.34. The summed E-state index contributed by atoms with van der Waals surface area (Å²) in [4.78, 5) is 48.8. The summed E-state index contributed by atoms with van der Waals surface area (Å²) < 4.78 is 5.42. The Labute approximate surface area is 149 Å². The van der Waals surface area contributed by atoms with Crippen molar-refractivity contribution in [2.24, 2.45) is 5.73 Å². The highest BCUT2D eigenvalue weighted by Crippen LogP contribution is 2.24. The Kier molecular flexibility index (Phi) is 4.99. The second kappa shape index (κ2) is 7.36. The number of nitrogens with two attached hydrogens (primary N) is 1. The minimum Gasteiger partial charge on any atom is -0.492 e. The van der Waals surface area contributed by atoms with Gasteiger partial charge < -0.3 is 15.8 Å². The molecular formula is C17H18N4O5. The molecule has 1 fully saturated rings. The van der Waals surface area contributed by atoms with Crippen molar-refractivity contribution in [3.63, 3.8) is 0 Å². The fraction of sp³-hybridized carbons (Fsp3) is 0.294. The van der Waals surface area contributed by atoms with Crippen molar-refractivity contribution >= 4 is 29.3 Å². The molecule has 3 rings (SSSR count). The molecule has 9 heteroatoms. The normalized spacial score (nSPS) is 20.1. The van der Waals surface area contributed by atoms with Gasteiger partial charge in [0.05, 0.1) is 0 Å². The molecule has 1 unspecified atom stereocenters. The van der Waals surface area contributed by atoms with Crippen LogP contribution in [0, 0.1) is 0 Å². The van der Waals surface area contributed by atoms with Crippen LogP contribution >= 0.6 is 0 Å². The van der Waals surface area contributed by atoms with Crippen molar-refractivity contribution in [3.8, 4) is 5.75 Å². The first-order valence-electron chi connectivity index (χ1n) is 8.12. The Bertz CT molecular complexity index is 804. The highest BCUT2D eigenvalue weighted by Gasteiger charge is 2.42. The molecule has 1 atom stereocenters. The summed E-state index contributed by atoms with van der Waals surface area (Å²) in [7, 11) is 0. The maximum absolute atomic E-state index is 12.6. The van der Waals surface area contributed by atoms with Crippen LogP contribution in [0.2, 0.25) is 0 Å². The summed E-state index contributed by atoms with van der Waals surface area (Å²) in [5.41, 5.74) is 6.00. The summed E-state index contributed by atoms with van der Waals surface area (Å²) >= 11 is 0. The fourth-order valence-corrected chi connectivity index (χ4v) is 2.79. The number of piperidine rings is 1. The third kappa shape index (κ3) is 3.57. The zero-order valence-corrected chi connectivity index (χ0v) is 13.9. The Morgan fingerprint density at radius 3 is 2.81 bits per heavy atom. The van der Waals surface area contributed by atoms with E-state index < -0.39 is 29.7 Å². The molecule has 2 heterocycles. The van der Waals surface area contributed by atoms with Crippen LogP contribution in [0.15, 0.2) is 36.0 Å². The van der Waals surface area contributed by atoms with Crippen LogP contribution in [0.25, 0.3) is 0 Å². The lowest BCUT2D eigenvalue weighted by Gasteiger charge is -2.28. The molecule has 136 valence electrons. The lowest BCUT2D eigenvalue weighted by molar-refractivity contribution is -0.149. The van der Waals surface area contributed by atoms with Crippen LogP contribution in [0.4, 0.5) is 5.69 Å². The molecule has 2 aliphatic rings. The Balaban J connectivity index is 1.71. The smallest absolute Gasteiger partial charge is 0.278 e. The molecule has 0 aromatic heterocycles. The average molecular weight is 358 g/mol. The number of carbonyl (C=O) groups is 4. The molecule has 0 radical (unpaired) electrons. The van der Waals surface area contributed by atoms with E-state index in [1.165, 1.54) is 0 Å². The van der Waals surface area contributed by atoms with Crippen molar-refractivity contribution < 1.29 is 23.9 Å². The highest BCUT2D eigenvalue weighted by molar-refractivity contribution is 6.20. The second-order valence-corrected chi connectivity index (χ2v) is 5.83. The predicted molar refractivity (Wildman–Crippen MR) is 90.7 cm³/mol. The number of hydrogen-bond acceptors (Lipinski definition) is 7. The molecule has 4 N–H and O–H groups in total. The number of hydrogen-bond donors (Lipinski definition) is 3. The molecule has 0 saturated carbocycles. The molecule has 1 saturated heterocycles. The van der Waals surface area contributed by atoms with E-state index >= 15 is 0 Å². The van der Waals surface area contributed by atoms with Crippen molar-refractivity contribution in [2.75, 3.05) is 18.5 Å². The first kappa shape index (κ1) is 17.6. The number of imide groups is 2. The molecular weight excluding hydrogens is 340 g/mol. The standard InChI is InChI=1S/C17H18N4O5/c18-6-7-26-11-3-1-2-10(8-11)19-12-9-15(23)21(17(12)25)13-4-5-14(22)20-16(13)24/h1-3,8-9,13,19H,4-7,18H2,(H,20,22,24). The molecule has 4 amide bonds. The van der Waals surface area contributed by atoms with Crippen LogP contribution in [0.5, 0.6) is 5.75 Å². The van der Waals surface area contributed by atoms with E-state index in [1.54, 1.807) is 24.3 Å². The molecule has 2 aliphatic heterocycles. The van der Waals surface area contributed by atoms with Gasteiger partial charge in [-0.3, -0.25) is 29.4 Å². The number of nitrogens with one attached hydrogen (secondary N) is 2. The largest absolute Gasteiger partial charge is 0.492 e. The SMILES string of the molecule is NCCOc1cccc(NC2=CC(=O)N(C3CCC(=O)NC3=O)C2=O)c1. The average Bonchev–Trinajstić information content (AvgIpc) is 2.88. The number of ether oxygens (including phenoxy) is 1. The maximum atomic E-state index is 12.6. The number of rotatable bonds is 6. The minimum absolute atomic E-state index is 0.0516. The Morgan fingerprint density at radius 2 is 2.08 bits per heavy atom. The van der Waals surface area contributed by atoms with Crippen LogP contribution in [0.3, 0.4) is 0 Å². The van der Waals surface area contributed by atoms with Gasteiger partial charge in [-0.05, 0) is 18.6 Å². The van der Waals surface area contributed by atoms with Gasteiger partial charge in [0.25, 0.3) is 11.8 Å².